The first-order valence-electron chi connectivity index (χ1n) is 12.1. The Balaban J connectivity index is 1.29. The van der Waals surface area contributed by atoms with Crippen LogP contribution in [0, 0.1) is 17.7 Å². The molecule has 2 aliphatic heterocycles. The zero-order valence-corrected chi connectivity index (χ0v) is 19.4. The fraction of sp³-hybridized carbons (Fsp3) is 0.519. The average molecular weight is 438 g/mol. The third-order valence-corrected chi connectivity index (χ3v) is 7.10. The van der Waals surface area contributed by atoms with Crippen molar-refractivity contribution in [1.82, 2.24) is 10.2 Å². The van der Waals surface area contributed by atoms with Gasteiger partial charge < -0.3 is 10.2 Å². The van der Waals surface area contributed by atoms with E-state index < -0.39 is 0 Å². The number of piperidine rings is 2. The van der Waals surface area contributed by atoms with Gasteiger partial charge in [0, 0.05) is 31.9 Å². The quantitative estimate of drug-likeness (QED) is 0.679. The zero-order chi connectivity index (χ0) is 22.5. The van der Waals surface area contributed by atoms with E-state index in [1.165, 1.54) is 30.7 Å². The minimum Gasteiger partial charge on any atom is -0.372 e. The highest BCUT2D eigenvalue weighted by Crippen LogP contribution is 2.25. The molecule has 1 N–H and O–H groups in total. The van der Waals surface area contributed by atoms with E-state index >= 15 is 0 Å². The molecule has 0 aromatic heterocycles. The molecule has 1 amide bonds. The largest absolute Gasteiger partial charge is 0.372 e. The smallest absolute Gasteiger partial charge is 0.224 e. The van der Waals surface area contributed by atoms with E-state index in [1.807, 2.05) is 12.1 Å². The molecule has 0 saturated carbocycles. The first-order chi connectivity index (χ1) is 15.5. The summed E-state index contributed by atoms with van der Waals surface area (Å²) in [6.07, 6.45) is 4.45. The highest BCUT2D eigenvalue weighted by atomic mass is 19.1. The lowest BCUT2D eigenvalue weighted by Crippen LogP contribution is -2.43. The Bertz CT molecular complexity index is 875. The maximum Gasteiger partial charge on any atom is 0.224 e. The van der Waals surface area contributed by atoms with Gasteiger partial charge in [0.15, 0.2) is 0 Å². The number of halogens is 1. The molecule has 2 aliphatic rings. The highest BCUT2D eigenvalue weighted by Gasteiger charge is 2.27. The Morgan fingerprint density at radius 1 is 1.03 bits per heavy atom. The average Bonchev–Trinajstić information content (AvgIpc) is 2.81. The van der Waals surface area contributed by atoms with Crippen LogP contribution in [-0.2, 0) is 11.3 Å². The van der Waals surface area contributed by atoms with E-state index in [9.17, 15) is 9.18 Å². The Hall–Kier alpha value is -2.40. The number of nitrogens with zero attached hydrogens (tertiary/aromatic N) is 2. The van der Waals surface area contributed by atoms with Crippen LogP contribution >= 0.6 is 0 Å². The lowest BCUT2D eigenvalue weighted by molar-refractivity contribution is -0.127. The van der Waals surface area contributed by atoms with Crippen molar-refractivity contribution in [1.29, 1.82) is 0 Å². The summed E-state index contributed by atoms with van der Waals surface area (Å²) in [7, 11) is 0. The van der Waals surface area contributed by atoms with E-state index in [0.29, 0.717) is 0 Å². The highest BCUT2D eigenvalue weighted by molar-refractivity contribution is 5.79. The molecule has 172 valence electrons. The first kappa shape index (κ1) is 22.8. The first-order valence-corrected chi connectivity index (χ1v) is 12.1. The number of anilines is 1. The molecule has 0 bridgehead atoms. The van der Waals surface area contributed by atoms with E-state index in [1.54, 1.807) is 0 Å². The van der Waals surface area contributed by atoms with E-state index in [2.05, 4.69) is 53.2 Å². The number of hydrogen-bond acceptors (Lipinski definition) is 3. The summed E-state index contributed by atoms with van der Waals surface area (Å²) in [4.78, 5) is 17.7. The van der Waals surface area contributed by atoms with Gasteiger partial charge in [0.2, 0.25) is 5.91 Å². The predicted octanol–water partition coefficient (Wildman–Crippen LogP) is 5.15. The van der Waals surface area contributed by atoms with E-state index in [4.69, 9.17) is 0 Å². The van der Waals surface area contributed by atoms with Crippen molar-refractivity contribution in [3.63, 3.8) is 0 Å². The maximum atomic E-state index is 13.2. The normalized spacial score (nSPS) is 21.3. The van der Waals surface area contributed by atoms with Crippen molar-refractivity contribution in [2.75, 3.05) is 31.1 Å². The number of amides is 1. The van der Waals surface area contributed by atoms with Crippen LogP contribution in [0.25, 0.3) is 0 Å². The van der Waals surface area contributed by atoms with Crippen LogP contribution < -0.4 is 10.2 Å². The molecular formula is C27H36FN3O. The van der Waals surface area contributed by atoms with Crippen molar-refractivity contribution in [3.05, 3.63) is 65.5 Å². The predicted molar refractivity (Wildman–Crippen MR) is 128 cm³/mol. The van der Waals surface area contributed by atoms with Gasteiger partial charge in [-0.3, -0.25) is 9.69 Å². The van der Waals surface area contributed by atoms with Crippen molar-refractivity contribution in [2.45, 2.75) is 52.1 Å². The number of likely N-dealkylation sites (tertiary alicyclic amines) is 1. The number of carbonyl (C=O) groups excluding carboxylic acids is 1. The summed E-state index contributed by atoms with van der Waals surface area (Å²) in [5.74, 6) is 0.751. The standard InChI is InChI=1S/C27H36FN3O/c1-20-13-16-31(17-14-20)26-11-7-23(8-12-26)21(2)29-27(32)24-4-3-15-30(19-24)18-22-5-9-25(28)10-6-22/h5-12,20-21,24H,3-4,13-19H2,1-2H3,(H,29,32). The Morgan fingerprint density at radius 3 is 2.41 bits per heavy atom. The molecule has 0 aliphatic carbocycles. The molecule has 0 spiro atoms. The van der Waals surface area contributed by atoms with Crippen LogP contribution in [0.1, 0.15) is 56.7 Å². The third kappa shape index (κ3) is 5.89. The number of nitrogens with one attached hydrogen (secondary N) is 1. The second-order valence-corrected chi connectivity index (χ2v) is 9.69. The molecule has 4 rings (SSSR count). The molecule has 2 aromatic rings. The minimum absolute atomic E-state index is 0.00117. The molecule has 2 unspecified atom stereocenters. The molecule has 0 radical (unpaired) electrons. The summed E-state index contributed by atoms with van der Waals surface area (Å²) < 4.78 is 13.2. The fourth-order valence-electron chi connectivity index (χ4n) is 4.92. The lowest BCUT2D eigenvalue weighted by Gasteiger charge is -2.33. The SMILES string of the molecule is CC1CCN(c2ccc(C(C)NC(=O)C3CCCN(Cc4ccc(F)cc4)C3)cc2)CC1. The minimum atomic E-state index is -0.211. The van der Waals surface area contributed by atoms with Crippen LogP contribution in [0.2, 0.25) is 0 Å². The van der Waals surface area contributed by atoms with Crippen LogP contribution in [0.15, 0.2) is 48.5 Å². The van der Waals surface area contributed by atoms with Crippen LogP contribution in [-0.4, -0.2) is 37.0 Å². The fourth-order valence-corrected chi connectivity index (χ4v) is 4.92. The Kier molecular flexibility index (Phi) is 7.46. The van der Waals surface area contributed by atoms with Gasteiger partial charge in [0.25, 0.3) is 0 Å². The van der Waals surface area contributed by atoms with Gasteiger partial charge in [-0.2, -0.15) is 0 Å². The number of carbonyl (C=O) groups is 1. The third-order valence-electron chi connectivity index (χ3n) is 7.10. The molecule has 4 nitrogen and oxygen atoms in total. The molecule has 32 heavy (non-hydrogen) atoms. The summed E-state index contributed by atoms with van der Waals surface area (Å²) in [5.41, 5.74) is 3.51. The molecule has 2 saturated heterocycles. The van der Waals surface area contributed by atoms with Crippen LogP contribution in [0.3, 0.4) is 0 Å². The summed E-state index contributed by atoms with van der Waals surface area (Å²) in [5, 5.41) is 3.23. The summed E-state index contributed by atoms with van der Waals surface area (Å²) in [6.45, 7) is 9.14. The van der Waals surface area contributed by atoms with Crippen molar-refractivity contribution >= 4 is 11.6 Å². The van der Waals surface area contributed by atoms with Gasteiger partial charge >= 0.3 is 0 Å². The van der Waals surface area contributed by atoms with E-state index in [0.717, 1.165) is 62.6 Å². The van der Waals surface area contributed by atoms with Crippen LogP contribution in [0.5, 0.6) is 0 Å². The Morgan fingerprint density at radius 2 is 1.72 bits per heavy atom. The lowest BCUT2D eigenvalue weighted by atomic mass is 9.95. The second-order valence-electron chi connectivity index (χ2n) is 9.69. The van der Waals surface area contributed by atoms with Crippen molar-refractivity contribution < 1.29 is 9.18 Å². The van der Waals surface area contributed by atoms with Gasteiger partial charge in [-0.1, -0.05) is 31.2 Å². The van der Waals surface area contributed by atoms with Gasteiger partial charge in [-0.15, -0.1) is 0 Å². The molecule has 2 atom stereocenters. The molecular weight excluding hydrogens is 401 g/mol. The monoisotopic (exact) mass is 437 g/mol. The van der Waals surface area contributed by atoms with Crippen molar-refractivity contribution in [2.24, 2.45) is 11.8 Å². The molecule has 5 heteroatoms. The summed E-state index contributed by atoms with van der Waals surface area (Å²) in [6, 6.07) is 15.3. The molecule has 2 aromatic carbocycles. The van der Waals surface area contributed by atoms with Gasteiger partial charge in [-0.25, -0.2) is 4.39 Å². The number of benzene rings is 2. The summed E-state index contributed by atoms with van der Waals surface area (Å²) >= 11 is 0. The van der Waals surface area contributed by atoms with Gasteiger partial charge in [0.1, 0.15) is 5.82 Å². The number of rotatable bonds is 6. The van der Waals surface area contributed by atoms with Gasteiger partial charge in [-0.05, 0) is 80.5 Å². The van der Waals surface area contributed by atoms with Gasteiger partial charge in [0.05, 0.1) is 12.0 Å². The Labute approximate surface area is 191 Å². The number of hydrogen-bond donors (Lipinski definition) is 1. The van der Waals surface area contributed by atoms with Crippen molar-refractivity contribution in [3.8, 4) is 0 Å². The van der Waals surface area contributed by atoms with Crippen LogP contribution in [0.4, 0.5) is 10.1 Å². The molecule has 2 fully saturated rings. The maximum absolute atomic E-state index is 13.2. The zero-order valence-electron chi connectivity index (χ0n) is 19.4. The molecule has 2 heterocycles. The topological polar surface area (TPSA) is 35.6 Å². The second kappa shape index (κ2) is 10.5. The van der Waals surface area contributed by atoms with E-state index in [-0.39, 0.29) is 23.7 Å².